The molecule has 3 nitrogen and oxygen atoms in total. The molecule has 0 aromatic heterocycles. The number of carbonyl (C=O) groups is 1. The summed E-state index contributed by atoms with van der Waals surface area (Å²) in [5, 5.41) is 2.93. The maximum atomic E-state index is 11.7. The lowest BCUT2D eigenvalue weighted by molar-refractivity contribution is -0.119. The van der Waals surface area contributed by atoms with Crippen molar-refractivity contribution in [3.63, 3.8) is 0 Å². The third-order valence-corrected chi connectivity index (χ3v) is 3.12. The van der Waals surface area contributed by atoms with Gasteiger partial charge < -0.3 is 10.2 Å². The van der Waals surface area contributed by atoms with Crippen molar-refractivity contribution in [3.8, 4) is 0 Å². The minimum atomic E-state index is 0.0150. The molecule has 4 heteroatoms. The fraction of sp³-hybridized carbons (Fsp3) is 0.364. The molecular weight excluding hydrogens is 256 g/mol. The minimum absolute atomic E-state index is 0.0150. The van der Waals surface area contributed by atoms with Crippen LogP contribution in [0.1, 0.15) is 6.92 Å². The van der Waals surface area contributed by atoms with Crippen molar-refractivity contribution in [2.24, 2.45) is 5.92 Å². The van der Waals surface area contributed by atoms with Crippen molar-refractivity contribution in [3.05, 3.63) is 22.7 Å². The number of hydrogen-bond acceptors (Lipinski definition) is 2. The average molecular weight is 269 g/mol. The number of rotatable bonds is 0. The van der Waals surface area contributed by atoms with Gasteiger partial charge >= 0.3 is 0 Å². The van der Waals surface area contributed by atoms with Gasteiger partial charge in [0.2, 0.25) is 5.91 Å². The normalized spacial score (nSPS) is 20.6. The molecule has 1 aromatic rings. The number of nitrogens with zero attached hydrogens (tertiary/aromatic N) is 1. The Morgan fingerprint density at radius 3 is 3.00 bits per heavy atom. The van der Waals surface area contributed by atoms with E-state index in [2.05, 4.69) is 26.1 Å². The van der Waals surface area contributed by atoms with Crippen LogP contribution in [-0.4, -0.2) is 19.5 Å². The minimum Gasteiger partial charge on any atom is -0.372 e. The van der Waals surface area contributed by atoms with E-state index < -0.39 is 0 Å². The first-order valence-corrected chi connectivity index (χ1v) is 5.69. The molecule has 0 fully saturated rings. The molecular formula is C11H13BrN2O. The molecule has 1 aromatic carbocycles. The molecule has 1 aliphatic heterocycles. The zero-order valence-corrected chi connectivity index (χ0v) is 10.3. The van der Waals surface area contributed by atoms with Crippen LogP contribution in [0.2, 0.25) is 0 Å². The van der Waals surface area contributed by atoms with Crippen LogP contribution >= 0.6 is 15.9 Å². The number of nitrogens with one attached hydrogen (secondary N) is 1. The molecule has 1 N–H and O–H groups in total. The highest BCUT2D eigenvalue weighted by molar-refractivity contribution is 9.10. The fourth-order valence-corrected chi connectivity index (χ4v) is 2.12. The number of amides is 1. The number of benzene rings is 1. The Morgan fingerprint density at radius 1 is 1.53 bits per heavy atom. The molecule has 0 spiro atoms. The van der Waals surface area contributed by atoms with E-state index in [1.807, 2.05) is 32.2 Å². The van der Waals surface area contributed by atoms with Crippen LogP contribution in [0.25, 0.3) is 0 Å². The lowest BCUT2D eigenvalue weighted by Gasteiger charge is -2.19. The van der Waals surface area contributed by atoms with E-state index in [4.69, 9.17) is 0 Å². The van der Waals surface area contributed by atoms with E-state index in [9.17, 15) is 4.79 Å². The third kappa shape index (κ3) is 2.00. The zero-order valence-electron chi connectivity index (χ0n) is 8.75. The van der Waals surface area contributed by atoms with Crippen molar-refractivity contribution in [1.29, 1.82) is 0 Å². The first kappa shape index (κ1) is 10.5. The van der Waals surface area contributed by atoms with Gasteiger partial charge in [0, 0.05) is 18.1 Å². The van der Waals surface area contributed by atoms with Gasteiger partial charge in [0.15, 0.2) is 0 Å². The topological polar surface area (TPSA) is 32.3 Å². The highest BCUT2D eigenvalue weighted by Gasteiger charge is 2.22. The Kier molecular flexibility index (Phi) is 2.69. The molecule has 1 aliphatic rings. The highest BCUT2D eigenvalue weighted by atomic mass is 79.9. The van der Waals surface area contributed by atoms with Crippen LogP contribution in [-0.2, 0) is 4.79 Å². The maximum absolute atomic E-state index is 11.7. The number of hydrogen-bond donors (Lipinski definition) is 1. The smallest absolute Gasteiger partial charge is 0.229 e. The second-order valence-corrected chi connectivity index (χ2v) is 4.85. The lowest BCUT2D eigenvalue weighted by Crippen LogP contribution is -2.27. The Hall–Kier alpha value is -1.03. The second-order valence-electron chi connectivity index (χ2n) is 3.93. The van der Waals surface area contributed by atoms with Gasteiger partial charge in [0.25, 0.3) is 0 Å². The molecule has 1 unspecified atom stereocenters. The zero-order chi connectivity index (χ0) is 11.0. The van der Waals surface area contributed by atoms with Gasteiger partial charge in [-0.2, -0.15) is 0 Å². The molecule has 1 atom stereocenters. The van der Waals surface area contributed by atoms with E-state index in [0.717, 1.165) is 22.4 Å². The molecule has 0 saturated heterocycles. The summed E-state index contributed by atoms with van der Waals surface area (Å²) in [6, 6.07) is 5.88. The summed E-state index contributed by atoms with van der Waals surface area (Å²) < 4.78 is 1.02. The molecule has 80 valence electrons. The number of halogens is 1. The number of fused-ring (bicyclic) bond motifs is 1. The van der Waals surface area contributed by atoms with Gasteiger partial charge in [-0.25, -0.2) is 0 Å². The first-order chi connectivity index (χ1) is 7.08. The highest BCUT2D eigenvalue weighted by Crippen LogP contribution is 2.31. The summed E-state index contributed by atoms with van der Waals surface area (Å²) in [6.45, 7) is 2.68. The average Bonchev–Trinajstić information content (AvgIpc) is 2.28. The van der Waals surface area contributed by atoms with E-state index in [1.165, 1.54) is 0 Å². The van der Waals surface area contributed by atoms with Crippen molar-refractivity contribution in [2.75, 3.05) is 23.8 Å². The summed E-state index contributed by atoms with van der Waals surface area (Å²) in [6.07, 6.45) is 0. The second kappa shape index (κ2) is 3.85. The largest absolute Gasteiger partial charge is 0.372 e. The summed E-state index contributed by atoms with van der Waals surface area (Å²) in [7, 11) is 2.00. The predicted octanol–water partition coefficient (Wildman–Crippen LogP) is 2.47. The third-order valence-electron chi connectivity index (χ3n) is 2.62. The van der Waals surface area contributed by atoms with Gasteiger partial charge in [-0.3, -0.25) is 4.79 Å². The van der Waals surface area contributed by atoms with E-state index in [-0.39, 0.29) is 11.8 Å². The molecule has 1 heterocycles. The molecule has 0 radical (unpaired) electrons. The SMILES string of the molecule is CC1CN(C)c2cc(Br)ccc2NC1=O. The van der Waals surface area contributed by atoms with Crippen LogP contribution in [0.15, 0.2) is 22.7 Å². The van der Waals surface area contributed by atoms with Crippen molar-refractivity contribution in [1.82, 2.24) is 0 Å². The van der Waals surface area contributed by atoms with Gasteiger partial charge in [-0.15, -0.1) is 0 Å². The van der Waals surface area contributed by atoms with Crippen LogP contribution in [0.3, 0.4) is 0 Å². The van der Waals surface area contributed by atoms with Crippen LogP contribution in [0, 0.1) is 5.92 Å². The quantitative estimate of drug-likeness (QED) is 0.784. The Labute approximate surface area is 97.6 Å². The predicted molar refractivity (Wildman–Crippen MR) is 65.2 cm³/mol. The van der Waals surface area contributed by atoms with Crippen molar-refractivity contribution in [2.45, 2.75) is 6.92 Å². The molecule has 0 bridgehead atoms. The Balaban J connectivity index is 2.46. The van der Waals surface area contributed by atoms with Gasteiger partial charge in [0.1, 0.15) is 0 Å². The van der Waals surface area contributed by atoms with Crippen LogP contribution < -0.4 is 10.2 Å². The molecule has 0 saturated carbocycles. The molecule has 0 aliphatic carbocycles. The van der Waals surface area contributed by atoms with Crippen LogP contribution in [0.4, 0.5) is 11.4 Å². The standard InChI is InChI=1S/C11H13BrN2O/c1-7-6-14(2)10-5-8(12)3-4-9(10)13-11(7)15/h3-5,7H,6H2,1-2H3,(H,13,15). The number of carbonyl (C=O) groups excluding carboxylic acids is 1. The summed E-state index contributed by atoms with van der Waals surface area (Å²) in [5.74, 6) is 0.101. The first-order valence-electron chi connectivity index (χ1n) is 4.89. The van der Waals surface area contributed by atoms with E-state index >= 15 is 0 Å². The monoisotopic (exact) mass is 268 g/mol. The van der Waals surface area contributed by atoms with E-state index in [0.29, 0.717) is 0 Å². The molecule has 2 rings (SSSR count). The van der Waals surface area contributed by atoms with Gasteiger partial charge in [-0.1, -0.05) is 22.9 Å². The summed E-state index contributed by atoms with van der Waals surface area (Å²) in [5.41, 5.74) is 1.94. The maximum Gasteiger partial charge on any atom is 0.229 e. The fourth-order valence-electron chi connectivity index (χ4n) is 1.77. The molecule has 1 amide bonds. The molecule has 15 heavy (non-hydrogen) atoms. The van der Waals surface area contributed by atoms with E-state index in [1.54, 1.807) is 0 Å². The Bertz CT molecular complexity index is 406. The number of anilines is 2. The van der Waals surface area contributed by atoms with Crippen LogP contribution in [0.5, 0.6) is 0 Å². The summed E-state index contributed by atoms with van der Waals surface area (Å²) >= 11 is 3.43. The lowest BCUT2D eigenvalue weighted by atomic mass is 10.1. The van der Waals surface area contributed by atoms with Gasteiger partial charge in [-0.05, 0) is 18.2 Å². The summed E-state index contributed by atoms with van der Waals surface area (Å²) in [4.78, 5) is 13.8. The van der Waals surface area contributed by atoms with Crippen molar-refractivity contribution < 1.29 is 4.79 Å². The Morgan fingerprint density at radius 2 is 2.27 bits per heavy atom. The van der Waals surface area contributed by atoms with Crippen molar-refractivity contribution >= 4 is 33.2 Å². The van der Waals surface area contributed by atoms with Gasteiger partial charge in [0.05, 0.1) is 17.3 Å².